The maximum absolute atomic E-state index is 11.6. The second-order valence-electron chi connectivity index (χ2n) is 5.53. The molecule has 1 aromatic carbocycles. The molecule has 21 heavy (non-hydrogen) atoms. The van der Waals surface area contributed by atoms with Gasteiger partial charge in [-0.25, -0.2) is 13.6 Å². The van der Waals surface area contributed by atoms with Crippen LogP contribution in [-0.2, 0) is 22.9 Å². The van der Waals surface area contributed by atoms with Gasteiger partial charge in [-0.2, -0.15) is 0 Å². The number of nitrogens with zero attached hydrogens (tertiary/aromatic N) is 3. The Labute approximate surface area is 124 Å². The van der Waals surface area contributed by atoms with E-state index in [0.717, 1.165) is 19.3 Å². The quantitative estimate of drug-likeness (QED) is 0.902. The number of benzene rings is 1. The Bertz CT molecular complexity index is 746. The largest absolute Gasteiger partial charge is 0.298 e. The Balaban J connectivity index is 1.82. The molecule has 0 atom stereocenters. The number of aromatic nitrogens is 3. The first-order valence-electron chi connectivity index (χ1n) is 6.97. The third kappa shape index (κ3) is 3.14. The Kier molecular flexibility index (Phi) is 3.54. The van der Waals surface area contributed by atoms with E-state index in [1.54, 1.807) is 4.57 Å². The van der Waals surface area contributed by atoms with E-state index in [4.69, 9.17) is 5.14 Å². The van der Waals surface area contributed by atoms with Crippen LogP contribution in [0.15, 0.2) is 29.4 Å². The van der Waals surface area contributed by atoms with Gasteiger partial charge >= 0.3 is 0 Å². The lowest BCUT2D eigenvalue weighted by Crippen LogP contribution is -2.19. The van der Waals surface area contributed by atoms with Crippen LogP contribution in [0.1, 0.15) is 35.8 Å². The fourth-order valence-corrected chi connectivity index (χ4v) is 3.07. The average Bonchev–Trinajstić information content (AvgIpc) is 3.16. The van der Waals surface area contributed by atoms with Crippen molar-refractivity contribution < 1.29 is 8.42 Å². The maximum atomic E-state index is 11.6. The molecule has 0 saturated heterocycles. The summed E-state index contributed by atoms with van der Waals surface area (Å²) in [6, 6.07) is 8.47. The van der Waals surface area contributed by atoms with Crippen molar-refractivity contribution in [3.05, 3.63) is 41.2 Å². The van der Waals surface area contributed by atoms with Gasteiger partial charge in [-0.1, -0.05) is 29.8 Å². The second-order valence-corrected chi connectivity index (χ2v) is 6.99. The molecule has 3 rings (SSSR count). The van der Waals surface area contributed by atoms with Gasteiger partial charge in [0.15, 0.2) is 0 Å². The Morgan fingerprint density at radius 2 is 1.86 bits per heavy atom. The van der Waals surface area contributed by atoms with Crippen LogP contribution in [0, 0.1) is 6.92 Å². The highest BCUT2D eigenvalue weighted by atomic mass is 32.2. The van der Waals surface area contributed by atoms with Crippen molar-refractivity contribution in [2.75, 3.05) is 0 Å². The third-order valence-corrected chi connectivity index (χ3v) is 4.45. The zero-order valence-electron chi connectivity index (χ0n) is 11.9. The molecule has 1 aliphatic carbocycles. The van der Waals surface area contributed by atoms with Crippen molar-refractivity contribution >= 4 is 10.0 Å². The summed E-state index contributed by atoms with van der Waals surface area (Å²) in [5.41, 5.74) is 2.42. The van der Waals surface area contributed by atoms with E-state index in [0.29, 0.717) is 12.2 Å². The van der Waals surface area contributed by atoms with Crippen LogP contribution < -0.4 is 5.14 Å². The fourth-order valence-electron chi connectivity index (χ4n) is 2.38. The van der Waals surface area contributed by atoms with E-state index in [-0.39, 0.29) is 11.2 Å². The summed E-state index contributed by atoms with van der Waals surface area (Å²) in [5.74, 6) is 0.696. The summed E-state index contributed by atoms with van der Waals surface area (Å²) >= 11 is 0. The Morgan fingerprint density at radius 1 is 1.19 bits per heavy atom. The Morgan fingerprint density at radius 3 is 2.43 bits per heavy atom. The van der Waals surface area contributed by atoms with Gasteiger partial charge in [-0.15, -0.1) is 10.2 Å². The van der Waals surface area contributed by atoms with E-state index >= 15 is 0 Å². The van der Waals surface area contributed by atoms with Crippen LogP contribution in [0.4, 0.5) is 0 Å². The summed E-state index contributed by atoms with van der Waals surface area (Å²) in [5, 5.41) is 12.9. The van der Waals surface area contributed by atoms with Crippen LogP contribution >= 0.6 is 0 Å². The summed E-state index contributed by atoms with van der Waals surface area (Å²) in [7, 11) is -3.82. The van der Waals surface area contributed by atoms with Gasteiger partial charge in [0, 0.05) is 12.5 Å². The minimum Gasteiger partial charge on any atom is -0.298 e. The Hall–Kier alpha value is -1.73. The maximum Gasteiger partial charge on any atom is 0.273 e. The molecule has 0 radical (unpaired) electrons. The molecule has 0 unspecified atom stereocenters. The van der Waals surface area contributed by atoms with Crippen LogP contribution in [0.3, 0.4) is 0 Å². The number of sulfonamides is 1. The average molecular weight is 306 g/mol. The SMILES string of the molecule is Cc1ccc(CCc2nnc(S(N)(=O)=O)n2C2CC2)cc1. The van der Waals surface area contributed by atoms with Crippen molar-refractivity contribution in [2.45, 2.75) is 43.8 Å². The zero-order valence-corrected chi connectivity index (χ0v) is 12.7. The first kappa shape index (κ1) is 14.2. The zero-order chi connectivity index (χ0) is 15.0. The van der Waals surface area contributed by atoms with E-state index in [1.165, 1.54) is 11.1 Å². The predicted molar refractivity (Wildman–Crippen MR) is 78.3 cm³/mol. The molecular formula is C14H18N4O2S. The highest BCUT2D eigenvalue weighted by Crippen LogP contribution is 2.37. The van der Waals surface area contributed by atoms with Crippen LogP contribution in [-0.4, -0.2) is 23.2 Å². The summed E-state index contributed by atoms with van der Waals surface area (Å²) in [6.07, 6.45) is 3.37. The summed E-state index contributed by atoms with van der Waals surface area (Å²) < 4.78 is 24.8. The molecule has 1 heterocycles. The smallest absolute Gasteiger partial charge is 0.273 e. The molecular weight excluding hydrogens is 288 g/mol. The lowest BCUT2D eigenvalue weighted by molar-refractivity contribution is 0.558. The normalized spacial score (nSPS) is 15.3. The molecule has 2 aromatic rings. The van der Waals surface area contributed by atoms with Crippen LogP contribution in [0.5, 0.6) is 0 Å². The van der Waals surface area contributed by atoms with E-state index in [1.807, 2.05) is 6.92 Å². The summed E-state index contributed by atoms with van der Waals surface area (Å²) in [6.45, 7) is 2.05. The van der Waals surface area contributed by atoms with Crippen molar-refractivity contribution in [3.63, 3.8) is 0 Å². The van der Waals surface area contributed by atoms with Crippen LogP contribution in [0.25, 0.3) is 0 Å². The molecule has 112 valence electrons. The number of primary sulfonamides is 1. The fraction of sp³-hybridized carbons (Fsp3) is 0.429. The molecule has 0 bridgehead atoms. The molecule has 1 saturated carbocycles. The molecule has 0 spiro atoms. The first-order valence-corrected chi connectivity index (χ1v) is 8.52. The minimum absolute atomic E-state index is 0.107. The van der Waals surface area contributed by atoms with Gasteiger partial charge in [-0.3, -0.25) is 4.57 Å². The monoisotopic (exact) mass is 306 g/mol. The predicted octanol–water partition coefficient (Wildman–Crippen LogP) is 1.35. The minimum atomic E-state index is -3.82. The number of hydrogen-bond donors (Lipinski definition) is 1. The highest BCUT2D eigenvalue weighted by molar-refractivity contribution is 7.89. The van der Waals surface area contributed by atoms with Crippen molar-refractivity contribution in [3.8, 4) is 0 Å². The van der Waals surface area contributed by atoms with Crippen molar-refractivity contribution in [1.29, 1.82) is 0 Å². The van der Waals surface area contributed by atoms with Gasteiger partial charge in [-0.05, 0) is 31.7 Å². The van der Waals surface area contributed by atoms with Gasteiger partial charge in [0.1, 0.15) is 5.82 Å². The van der Waals surface area contributed by atoms with Crippen molar-refractivity contribution in [2.24, 2.45) is 5.14 Å². The summed E-state index contributed by atoms with van der Waals surface area (Å²) in [4.78, 5) is 0. The molecule has 0 aliphatic heterocycles. The van der Waals surface area contributed by atoms with E-state index in [9.17, 15) is 8.42 Å². The third-order valence-electron chi connectivity index (χ3n) is 3.66. The molecule has 0 amide bonds. The lowest BCUT2D eigenvalue weighted by atomic mass is 10.1. The standard InChI is InChI=1S/C14H18N4O2S/c1-10-2-4-11(5-3-10)6-9-13-16-17-14(21(15,19)20)18(13)12-7-8-12/h2-5,12H,6-9H2,1H3,(H2,15,19,20). The number of aryl methyl sites for hydroxylation is 3. The molecule has 1 fully saturated rings. The van der Waals surface area contributed by atoms with E-state index < -0.39 is 10.0 Å². The van der Waals surface area contributed by atoms with Gasteiger partial charge in [0.2, 0.25) is 0 Å². The number of rotatable bonds is 5. The molecule has 7 heteroatoms. The molecule has 2 N–H and O–H groups in total. The highest BCUT2D eigenvalue weighted by Gasteiger charge is 2.32. The second kappa shape index (κ2) is 5.23. The van der Waals surface area contributed by atoms with E-state index in [2.05, 4.69) is 34.5 Å². The number of nitrogens with two attached hydrogens (primary N) is 1. The first-order chi connectivity index (χ1) is 9.95. The van der Waals surface area contributed by atoms with Gasteiger partial charge in [0.25, 0.3) is 15.2 Å². The van der Waals surface area contributed by atoms with Gasteiger partial charge < -0.3 is 0 Å². The topological polar surface area (TPSA) is 90.9 Å². The number of hydrogen-bond acceptors (Lipinski definition) is 4. The molecule has 1 aromatic heterocycles. The van der Waals surface area contributed by atoms with Crippen LogP contribution in [0.2, 0.25) is 0 Å². The lowest BCUT2D eigenvalue weighted by Gasteiger charge is -2.07. The van der Waals surface area contributed by atoms with Crippen molar-refractivity contribution in [1.82, 2.24) is 14.8 Å². The molecule has 1 aliphatic rings. The van der Waals surface area contributed by atoms with Gasteiger partial charge in [0.05, 0.1) is 0 Å². The molecule has 6 nitrogen and oxygen atoms in total.